The lowest BCUT2D eigenvalue weighted by Crippen LogP contribution is -2.37. The molecule has 1 aromatic carbocycles. The van der Waals surface area contributed by atoms with E-state index in [2.05, 4.69) is 11.4 Å². The molecule has 1 fully saturated rings. The lowest BCUT2D eigenvalue weighted by Gasteiger charge is -2.24. The topological polar surface area (TPSA) is 76.4 Å². The summed E-state index contributed by atoms with van der Waals surface area (Å²) in [4.78, 5) is 14.6. The predicted molar refractivity (Wildman–Crippen MR) is 94.7 cm³/mol. The van der Waals surface area contributed by atoms with Crippen molar-refractivity contribution >= 4 is 11.6 Å². The Labute approximate surface area is 144 Å². The first-order valence-electron chi connectivity index (χ1n) is 8.64. The van der Waals surface area contributed by atoms with Crippen molar-refractivity contribution < 1.29 is 9.90 Å². The normalized spacial score (nSPS) is 17.6. The average Bonchev–Trinajstić information content (AvgIpc) is 3.07. The number of carbonyl (C=O) groups excluding carboxylic acids is 1. The van der Waals surface area contributed by atoms with E-state index < -0.39 is 0 Å². The van der Waals surface area contributed by atoms with E-state index in [1.54, 1.807) is 4.90 Å². The molecule has 0 aromatic heterocycles. The number of aliphatic hydroxyl groups excluding tert-OH is 1. The second-order valence-electron chi connectivity index (χ2n) is 7.05. The molecule has 1 heterocycles. The lowest BCUT2D eigenvalue weighted by molar-refractivity contribution is 0.0678. The highest BCUT2D eigenvalue weighted by Crippen LogP contribution is 2.24. The number of hydrogen-bond donors (Lipinski definition) is 2. The highest BCUT2D eigenvalue weighted by molar-refractivity contribution is 5.99. The van der Waals surface area contributed by atoms with E-state index in [1.165, 1.54) is 0 Å². The van der Waals surface area contributed by atoms with Gasteiger partial charge >= 0.3 is 0 Å². The van der Waals surface area contributed by atoms with Gasteiger partial charge in [-0.1, -0.05) is 12.1 Å². The molecule has 2 N–H and O–H groups in total. The highest BCUT2D eigenvalue weighted by Gasteiger charge is 2.29. The molecule has 0 unspecified atom stereocenters. The standard InChI is InChI=1S/C19H27N3O2/c1-19(2,14-20)10-6-11-21-17-9-4-3-8-16(17)18(24)22-12-5-7-15(22)13-23/h3-4,8-9,15,21,23H,5-7,10-13H2,1-2H3/t15-/m0/s1. The van der Waals surface area contributed by atoms with Gasteiger partial charge in [0, 0.05) is 18.8 Å². The maximum Gasteiger partial charge on any atom is 0.256 e. The van der Waals surface area contributed by atoms with Crippen molar-refractivity contribution in [1.82, 2.24) is 4.90 Å². The monoisotopic (exact) mass is 329 g/mol. The van der Waals surface area contributed by atoms with Crippen LogP contribution in [0.1, 0.15) is 49.9 Å². The summed E-state index contributed by atoms with van der Waals surface area (Å²) in [6.07, 6.45) is 3.48. The Morgan fingerprint density at radius 2 is 2.21 bits per heavy atom. The Bertz CT molecular complexity index is 607. The predicted octanol–water partition coefficient (Wildman–Crippen LogP) is 3.03. The number of amides is 1. The maximum atomic E-state index is 12.8. The smallest absolute Gasteiger partial charge is 0.256 e. The van der Waals surface area contributed by atoms with Crippen LogP contribution in [0.5, 0.6) is 0 Å². The fraction of sp³-hybridized carbons (Fsp3) is 0.579. The van der Waals surface area contributed by atoms with Crippen LogP contribution < -0.4 is 5.32 Å². The Morgan fingerprint density at radius 3 is 2.92 bits per heavy atom. The second-order valence-corrected chi connectivity index (χ2v) is 7.05. The van der Waals surface area contributed by atoms with E-state index in [9.17, 15) is 9.90 Å². The van der Waals surface area contributed by atoms with Crippen LogP contribution in [0.3, 0.4) is 0 Å². The third-order valence-electron chi connectivity index (χ3n) is 4.60. The minimum absolute atomic E-state index is 0.0184. The summed E-state index contributed by atoms with van der Waals surface area (Å²) in [7, 11) is 0. The van der Waals surface area contributed by atoms with E-state index >= 15 is 0 Å². The molecule has 1 aliphatic heterocycles. The molecule has 0 radical (unpaired) electrons. The van der Waals surface area contributed by atoms with Crippen LogP contribution in [0, 0.1) is 16.7 Å². The van der Waals surface area contributed by atoms with Gasteiger partial charge in [0.05, 0.1) is 29.7 Å². The number of anilines is 1. The van der Waals surface area contributed by atoms with Crippen molar-refractivity contribution in [3.63, 3.8) is 0 Å². The number of hydrogen-bond acceptors (Lipinski definition) is 4. The van der Waals surface area contributed by atoms with E-state index in [0.717, 1.165) is 37.9 Å². The number of likely N-dealkylation sites (tertiary alicyclic amines) is 1. The number of aliphatic hydroxyl groups is 1. The van der Waals surface area contributed by atoms with E-state index in [0.29, 0.717) is 12.1 Å². The number of nitrogens with zero attached hydrogens (tertiary/aromatic N) is 2. The van der Waals surface area contributed by atoms with Gasteiger partial charge in [-0.05, 0) is 51.7 Å². The third kappa shape index (κ3) is 4.48. The van der Waals surface area contributed by atoms with Gasteiger partial charge in [0.2, 0.25) is 0 Å². The number of para-hydroxylation sites is 1. The van der Waals surface area contributed by atoms with Gasteiger partial charge < -0.3 is 15.3 Å². The molecule has 0 bridgehead atoms. The third-order valence-corrected chi connectivity index (χ3v) is 4.60. The molecule has 0 aliphatic carbocycles. The van der Waals surface area contributed by atoms with Crippen molar-refractivity contribution in [2.45, 2.75) is 45.6 Å². The second kappa shape index (κ2) is 8.16. The molecule has 1 amide bonds. The number of nitriles is 1. The van der Waals surface area contributed by atoms with Gasteiger partial charge in [0.25, 0.3) is 5.91 Å². The molecule has 1 atom stereocenters. The summed E-state index contributed by atoms with van der Waals surface area (Å²) in [6, 6.07) is 9.75. The van der Waals surface area contributed by atoms with Crippen molar-refractivity contribution in [2.24, 2.45) is 5.41 Å². The molecule has 130 valence electrons. The van der Waals surface area contributed by atoms with Crippen LogP contribution in [0.25, 0.3) is 0 Å². The first-order valence-corrected chi connectivity index (χ1v) is 8.64. The zero-order valence-corrected chi connectivity index (χ0v) is 14.6. The van der Waals surface area contributed by atoms with Gasteiger partial charge in [-0.2, -0.15) is 5.26 Å². The molecule has 5 nitrogen and oxygen atoms in total. The molecular weight excluding hydrogens is 302 g/mol. The molecule has 0 spiro atoms. The van der Waals surface area contributed by atoms with Crippen molar-refractivity contribution in [3.8, 4) is 6.07 Å². The molecular formula is C19H27N3O2. The number of carbonyl (C=O) groups is 1. The summed E-state index contributed by atoms with van der Waals surface area (Å²) >= 11 is 0. The molecule has 0 saturated carbocycles. The van der Waals surface area contributed by atoms with Crippen molar-refractivity contribution in [1.29, 1.82) is 5.26 Å². The Kier molecular flexibility index (Phi) is 6.22. The summed E-state index contributed by atoms with van der Waals surface area (Å²) in [5, 5.41) is 21.8. The van der Waals surface area contributed by atoms with Crippen LogP contribution in [-0.2, 0) is 0 Å². The fourth-order valence-corrected chi connectivity index (χ4v) is 3.08. The number of nitrogens with one attached hydrogen (secondary N) is 1. The Hall–Kier alpha value is -2.06. The Balaban J connectivity index is 2.00. The molecule has 1 saturated heterocycles. The van der Waals surface area contributed by atoms with E-state index in [-0.39, 0.29) is 24.0 Å². The molecule has 1 aliphatic rings. The van der Waals surface area contributed by atoms with Gasteiger partial charge in [-0.15, -0.1) is 0 Å². The van der Waals surface area contributed by atoms with Crippen LogP contribution >= 0.6 is 0 Å². The van der Waals surface area contributed by atoms with Crippen molar-refractivity contribution in [3.05, 3.63) is 29.8 Å². The minimum atomic E-state index is -0.319. The SMILES string of the molecule is CC(C)(C#N)CCCNc1ccccc1C(=O)N1CCC[C@H]1CO. The quantitative estimate of drug-likeness (QED) is 0.754. The Morgan fingerprint density at radius 1 is 1.46 bits per heavy atom. The molecule has 24 heavy (non-hydrogen) atoms. The minimum Gasteiger partial charge on any atom is -0.394 e. The van der Waals surface area contributed by atoms with Gasteiger partial charge in [0.1, 0.15) is 0 Å². The fourth-order valence-electron chi connectivity index (χ4n) is 3.08. The summed E-state index contributed by atoms with van der Waals surface area (Å²) < 4.78 is 0. The maximum absolute atomic E-state index is 12.8. The van der Waals surface area contributed by atoms with Crippen LogP contribution in [0.15, 0.2) is 24.3 Å². The van der Waals surface area contributed by atoms with Gasteiger partial charge in [-0.3, -0.25) is 4.79 Å². The zero-order valence-electron chi connectivity index (χ0n) is 14.6. The highest BCUT2D eigenvalue weighted by atomic mass is 16.3. The van der Waals surface area contributed by atoms with E-state index in [1.807, 2.05) is 38.1 Å². The van der Waals surface area contributed by atoms with Crippen LogP contribution in [0.4, 0.5) is 5.69 Å². The van der Waals surface area contributed by atoms with Crippen LogP contribution in [-0.4, -0.2) is 41.7 Å². The first kappa shape index (κ1) is 18.3. The summed E-state index contributed by atoms with van der Waals surface area (Å²) in [5.41, 5.74) is 1.15. The lowest BCUT2D eigenvalue weighted by atomic mass is 9.90. The molecule has 2 rings (SSSR count). The largest absolute Gasteiger partial charge is 0.394 e. The summed E-state index contributed by atoms with van der Waals surface area (Å²) in [6.45, 7) is 5.32. The van der Waals surface area contributed by atoms with Gasteiger partial charge in [0.15, 0.2) is 0 Å². The number of rotatable bonds is 7. The van der Waals surface area contributed by atoms with E-state index in [4.69, 9.17) is 5.26 Å². The van der Waals surface area contributed by atoms with Gasteiger partial charge in [-0.25, -0.2) is 0 Å². The van der Waals surface area contributed by atoms with Crippen LogP contribution in [0.2, 0.25) is 0 Å². The zero-order chi connectivity index (χ0) is 17.6. The summed E-state index contributed by atoms with van der Waals surface area (Å²) in [5.74, 6) is -0.0213. The number of benzene rings is 1. The van der Waals surface area contributed by atoms with Crippen molar-refractivity contribution in [2.75, 3.05) is 25.0 Å². The average molecular weight is 329 g/mol. The first-order chi connectivity index (χ1) is 11.5. The molecule has 5 heteroatoms. The molecule has 1 aromatic rings.